The molecule has 1 aromatic carbocycles. The minimum atomic E-state index is -1.48. The van der Waals surface area contributed by atoms with Gasteiger partial charge in [0.2, 0.25) is 0 Å². The van der Waals surface area contributed by atoms with E-state index in [0.717, 1.165) is 6.42 Å². The number of rotatable bonds is 7. The van der Waals surface area contributed by atoms with Gasteiger partial charge in [-0.3, -0.25) is 0 Å². The Morgan fingerprint density at radius 1 is 1.19 bits per heavy atom. The summed E-state index contributed by atoms with van der Waals surface area (Å²) in [5, 5.41) is 10.3. The number of benzene rings is 1. The number of hydrogen-bond acceptors (Lipinski definition) is 3. The van der Waals surface area contributed by atoms with E-state index >= 15 is 0 Å². The number of aliphatic hydroxyl groups is 1. The van der Waals surface area contributed by atoms with Crippen molar-refractivity contribution >= 4 is 8.07 Å². The molecule has 0 saturated heterocycles. The first kappa shape index (κ1) is 17.9. The summed E-state index contributed by atoms with van der Waals surface area (Å²) < 4.78 is 10.4. The molecular weight excluding hydrogens is 280 g/mol. The van der Waals surface area contributed by atoms with Gasteiger partial charge in [0.05, 0.1) is 6.10 Å². The lowest BCUT2D eigenvalue weighted by atomic mass is 10.0. The Morgan fingerprint density at radius 2 is 1.86 bits per heavy atom. The van der Waals surface area contributed by atoms with Gasteiger partial charge in [0.15, 0.2) is 0 Å². The molecule has 2 atom stereocenters. The van der Waals surface area contributed by atoms with Gasteiger partial charge >= 0.3 is 0 Å². The predicted octanol–water partition coefficient (Wildman–Crippen LogP) is 2.85. The average molecular weight is 306 g/mol. The third-order valence-corrected chi connectivity index (χ3v) is 3.77. The molecule has 0 heterocycles. The van der Waals surface area contributed by atoms with Gasteiger partial charge in [-0.05, 0) is 18.4 Å². The first-order valence-electron chi connectivity index (χ1n) is 7.27. The molecule has 0 aromatic heterocycles. The predicted molar refractivity (Wildman–Crippen MR) is 88.6 cm³/mol. The molecule has 0 amide bonds. The number of ether oxygens (including phenoxy) is 2. The van der Waals surface area contributed by atoms with Crippen molar-refractivity contribution in [2.75, 3.05) is 13.9 Å². The molecule has 0 radical (unpaired) electrons. The van der Waals surface area contributed by atoms with Crippen LogP contribution in [0.25, 0.3) is 0 Å². The molecule has 4 heteroatoms. The van der Waals surface area contributed by atoms with Crippen LogP contribution in [0.2, 0.25) is 19.6 Å². The van der Waals surface area contributed by atoms with Crippen molar-refractivity contribution in [3.63, 3.8) is 0 Å². The Hall–Kier alpha value is -1.12. The number of methoxy groups -OCH3 is 1. The maximum absolute atomic E-state index is 10.3. The quantitative estimate of drug-likeness (QED) is 0.478. The highest BCUT2D eigenvalue weighted by Gasteiger charge is 2.18. The van der Waals surface area contributed by atoms with Gasteiger partial charge in [0.1, 0.15) is 21.0 Å². The Balaban J connectivity index is 2.61. The molecule has 1 rings (SSSR count). The van der Waals surface area contributed by atoms with Crippen LogP contribution >= 0.6 is 0 Å². The van der Waals surface area contributed by atoms with E-state index in [2.05, 4.69) is 43.2 Å². The fourth-order valence-corrected chi connectivity index (χ4v) is 2.36. The summed E-state index contributed by atoms with van der Waals surface area (Å²) in [7, 11) is 0.0838. The zero-order chi connectivity index (χ0) is 15.7. The molecule has 116 valence electrons. The van der Waals surface area contributed by atoms with Gasteiger partial charge in [0, 0.05) is 7.11 Å². The maximum Gasteiger partial charge on any atom is 0.148 e. The number of aryl methyl sites for hydroxylation is 1. The average Bonchev–Trinajstić information content (AvgIpc) is 2.45. The van der Waals surface area contributed by atoms with E-state index in [1.165, 1.54) is 5.56 Å². The summed E-state index contributed by atoms with van der Waals surface area (Å²) in [6, 6.07) is 10.1. The molecule has 3 nitrogen and oxygen atoms in total. The fraction of sp³-hybridized carbons (Fsp3) is 0.529. The van der Waals surface area contributed by atoms with Gasteiger partial charge in [-0.15, -0.1) is 5.54 Å². The zero-order valence-electron chi connectivity index (χ0n) is 13.4. The van der Waals surface area contributed by atoms with Crippen LogP contribution in [0.1, 0.15) is 12.0 Å². The molecule has 0 aliphatic rings. The lowest BCUT2D eigenvalue weighted by molar-refractivity contribution is -0.0905. The lowest BCUT2D eigenvalue weighted by Gasteiger charge is -2.19. The first-order chi connectivity index (χ1) is 9.92. The van der Waals surface area contributed by atoms with E-state index in [9.17, 15) is 5.11 Å². The first-order valence-corrected chi connectivity index (χ1v) is 10.8. The van der Waals surface area contributed by atoms with Crippen molar-refractivity contribution in [2.24, 2.45) is 0 Å². The van der Waals surface area contributed by atoms with Crippen molar-refractivity contribution < 1.29 is 14.6 Å². The summed E-state index contributed by atoms with van der Waals surface area (Å²) in [6.45, 7) is 6.66. The summed E-state index contributed by atoms with van der Waals surface area (Å²) >= 11 is 0. The highest BCUT2D eigenvalue weighted by molar-refractivity contribution is 6.83. The Bertz CT molecular complexity index is 456. The second-order valence-corrected chi connectivity index (χ2v) is 10.9. The van der Waals surface area contributed by atoms with Crippen LogP contribution in [0, 0.1) is 11.5 Å². The van der Waals surface area contributed by atoms with Crippen molar-refractivity contribution in [3.8, 4) is 11.5 Å². The molecule has 0 spiro atoms. The smallest absolute Gasteiger partial charge is 0.148 e. The maximum atomic E-state index is 10.3. The molecule has 0 aliphatic heterocycles. The molecular formula is C17H26O3Si. The van der Waals surface area contributed by atoms with E-state index in [-0.39, 0.29) is 6.79 Å². The molecule has 0 aliphatic carbocycles. The summed E-state index contributed by atoms with van der Waals surface area (Å²) in [5.41, 5.74) is 4.47. The highest BCUT2D eigenvalue weighted by atomic mass is 28.3. The molecule has 0 saturated carbocycles. The van der Waals surface area contributed by atoms with Crippen LogP contribution in [0.5, 0.6) is 0 Å². The molecule has 21 heavy (non-hydrogen) atoms. The number of aliphatic hydroxyl groups excluding tert-OH is 1. The van der Waals surface area contributed by atoms with Gasteiger partial charge in [0.25, 0.3) is 0 Å². The molecule has 0 unspecified atom stereocenters. The van der Waals surface area contributed by atoms with Gasteiger partial charge in [-0.25, -0.2) is 0 Å². The van der Waals surface area contributed by atoms with Crippen molar-refractivity contribution in [3.05, 3.63) is 35.9 Å². The lowest BCUT2D eigenvalue weighted by Crippen LogP contribution is -2.30. The van der Waals surface area contributed by atoms with Crippen LogP contribution in [-0.2, 0) is 15.9 Å². The molecule has 0 fully saturated rings. The Labute approximate surface area is 129 Å². The van der Waals surface area contributed by atoms with Crippen molar-refractivity contribution in [2.45, 2.75) is 44.7 Å². The zero-order valence-corrected chi connectivity index (χ0v) is 14.4. The van der Waals surface area contributed by atoms with Gasteiger partial charge in [-0.2, -0.15) is 0 Å². The highest BCUT2D eigenvalue weighted by Crippen LogP contribution is 2.10. The minimum absolute atomic E-state index is 0.146. The van der Waals surface area contributed by atoms with E-state index in [1.54, 1.807) is 7.11 Å². The van der Waals surface area contributed by atoms with E-state index in [0.29, 0.717) is 6.42 Å². The largest absolute Gasteiger partial charge is 0.389 e. The fourth-order valence-electron chi connectivity index (χ4n) is 1.79. The van der Waals surface area contributed by atoms with E-state index < -0.39 is 20.3 Å². The summed E-state index contributed by atoms with van der Waals surface area (Å²) in [4.78, 5) is 0. The normalized spacial score (nSPS) is 14.1. The standard InChI is InChI=1S/C17H26O3Si/c1-19-14-20-17(12-13-21(2,3)4)16(18)11-10-15-8-6-5-7-9-15/h5-9,16-18H,10-11,14H2,1-4H3/t16-,17-/m0/s1. The number of hydrogen-bond donors (Lipinski definition) is 1. The summed E-state index contributed by atoms with van der Waals surface area (Å²) in [6.07, 6.45) is 0.340. The Morgan fingerprint density at radius 3 is 2.43 bits per heavy atom. The second kappa shape index (κ2) is 9.01. The van der Waals surface area contributed by atoms with Gasteiger partial charge in [-0.1, -0.05) is 55.9 Å². The monoisotopic (exact) mass is 306 g/mol. The van der Waals surface area contributed by atoms with Gasteiger partial charge < -0.3 is 14.6 Å². The third-order valence-electron chi connectivity index (χ3n) is 2.88. The topological polar surface area (TPSA) is 38.7 Å². The Kier molecular flexibility index (Phi) is 7.69. The third kappa shape index (κ3) is 8.03. The molecule has 1 aromatic rings. The molecule has 1 N–H and O–H groups in total. The van der Waals surface area contributed by atoms with Crippen LogP contribution in [0.15, 0.2) is 30.3 Å². The minimum Gasteiger partial charge on any atom is -0.389 e. The van der Waals surface area contributed by atoms with Crippen molar-refractivity contribution in [1.82, 2.24) is 0 Å². The van der Waals surface area contributed by atoms with Crippen molar-refractivity contribution in [1.29, 1.82) is 0 Å². The van der Waals surface area contributed by atoms with E-state index in [4.69, 9.17) is 9.47 Å². The SMILES string of the molecule is COCO[C@@H](C#C[Si](C)(C)C)[C@@H](O)CCc1ccccc1. The van der Waals surface area contributed by atoms with Crippen LogP contribution in [0.4, 0.5) is 0 Å². The van der Waals surface area contributed by atoms with E-state index in [1.807, 2.05) is 18.2 Å². The second-order valence-electron chi connectivity index (χ2n) is 6.10. The van der Waals surface area contributed by atoms with Crippen LogP contribution in [0.3, 0.4) is 0 Å². The summed E-state index contributed by atoms with van der Waals surface area (Å²) in [5.74, 6) is 3.09. The van der Waals surface area contributed by atoms with Crippen LogP contribution in [-0.4, -0.2) is 39.3 Å². The van der Waals surface area contributed by atoms with Crippen LogP contribution < -0.4 is 0 Å². The molecule has 0 bridgehead atoms.